The summed E-state index contributed by atoms with van der Waals surface area (Å²) in [6.07, 6.45) is -0.143. The van der Waals surface area contributed by atoms with E-state index >= 15 is 0 Å². The molecule has 88 valence electrons. The summed E-state index contributed by atoms with van der Waals surface area (Å²) in [6, 6.07) is 7.19. The molecule has 0 amide bonds. The van der Waals surface area contributed by atoms with Gasteiger partial charge in [0.25, 0.3) is 0 Å². The number of nitrogens with zero attached hydrogens (tertiary/aromatic N) is 3. The molecule has 5 nitrogen and oxygen atoms in total. The summed E-state index contributed by atoms with van der Waals surface area (Å²) in [5.41, 5.74) is 1.81. The van der Waals surface area contributed by atoms with Gasteiger partial charge < -0.3 is 5.11 Å². The first-order valence-corrected chi connectivity index (χ1v) is 5.35. The number of hydrogen-bond acceptors (Lipinski definition) is 3. The van der Waals surface area contributed by atoms with Gasteiger partial charge in [-0.05, 0) is 19.1 Å². The molecule has 2 aromatic rings. The summed E-state index contributed by atoms with van der Waals surface area (Å²) in [5, 5.41) is 17.0. The predicted molar refractivity (Wildman–Crippen MR) is 62.4 cm³/mol. The zero-order valence-electron chi connectivity index (χ0n) is 9.09. The van der Waals surface area contributed by atoms with E-state index in [4.69, 9.17) is 16.7 Å². The van der Waals surface area contributed by atoms with Crippen LogP contribution in [0, 0.1) is 6.92 Å². The van der Waals surface area contributed by atoms with Crippen molar-refractivity contribution in [2.24, 2.45) is 0 Å². The monoisotopic (exact) mass is 251 g/mol. The standard InChI is InChI=1S/C11H10ClN3O2/c1-7-9(6-11(16)17)13-14-15(7)10-5-3-2-4-8(10)12/h2-5H,6H2,1H3,(H,16,17). The number of rotatable bonds is 3. The topological polar surface area (TPSA) is 68.0 Å². The minimum atomic E-state index is -0.931. The lowest BCUT2D eigenvalue weighted by Gasteiger charge is -2.05. The Hall–Kier alpha value is -1.88. The summed E-state index contributed by atoms with van der Waals surface area (Å²) in [6.45, 7) is 1.77. The van der Waals surface area contributed by atoms with E-state index in [2.05, 4.69) is 10.3 Å². The van der Waals surface area contributed by atoms with Crippen LogP contribution in [0.25, 0.3) is 5.69 Å². The number of carboxylic acid groups (broad SMARTS) is 1. The Labute approximate surface area is 103 Å². The first-order valence-electron chi connectivity index (χ1n) is 4.97. The van der Waals surface area contributed by atoms with Gasteiger partial charge in [-0.25, -0.2) is 4.68 Å². The Morgan fingerprint density at radius 3 is 2.82 bits per heavy atom. The van der Waals surface area contributed by atoms with Gasteiger partial charge in [-0.3, -0.25) is 4.79 Å². The number of hydrogen-bond donors (Lipinski definition) is 1. The van der Waals surface area contributed by atoms with Gasteiger partial charge in [0, 0.05) is 0 Å². The number of benzene rings is 1. The molecule has 0 spiro atoms. The molecule has 1 heterocycles. The molecule has 0 fully saturated rings. The maximum absolute atomic E-state index is 10.6. The predicted octanol–water partition coefficient (Wildman–Crippen LogP) is 1.86. The molecule has 0 unspecified atom stereocenters. The van der Waals surface area contributed by atoms with Crippen LogP contribution in [0.3, 0.4) is 0 Å². The Morgan fingerprint density at radius 1 is 1.47 bits per heavy atom. The molecule has 2 rings (SSSR count). The number of halogens is 1. The van der Waals surface area contributed by atoms with Gasteiger partial charge in [0.1, 0.15) is 0 Å². The van der Waals surface area contributed by atoms with Gasteiger partial charge in [-0.1, -0.05) is 28.9 Å². The summed E-state index contributed by atoms with van der Waals surface area (Å²) in [5.74, 6) is -0.931. The summed E-state index contributed by atoms with van der Waals surface area (Å²) in [7, 11) is 0. The van der Waals surface area contributed by atoms with Crippen molar-refractivity contribution in [3.8, 4) is 5.69 Å². The zero-order chi connectivity index (χ0) is 12.4. The van der Waals surface area contributed by atoms with Crippen LogP contribution >= 0.6 is 11.6 Å². The Balaban J connectivity index is 2.44. The number of carboxylic acids is 1. The van der Waals surface area contributed by atoms with Crippen LogP contribution in [0.2, 0.25) is 5.02 Å². The molecule has 0 saturated heterocycles. The maximum atomic E-state index is 10.6. The average Bonchev–Trinajstić information content (AvgIpc) is 2.61. The molecule has 6 heteroatoms. The highest BCUT2D eigenvalue weighted by Crippen LogP contribution is 2.21. The van der Waals surface area contributed by atoms with Gasteiger partial charge in [-0.15, -0.1) is 5.10 Å². The molecule has 0 saturated carbocycles. The number of aromatic nitrogens is 3. The van der Waals surface area contributed by atoms with Crippen LogP contribution < -0.4 is 0 Å². The van der Waals surface area contributed by atoms with E-state index in [0.717, 1.165) is 0 Å². The van der Waals surface area contributed by atoms with Crippen molar-refractivity contribution in [2.45, 2.75) is 13.3 Å². The third-order valence-electron chi connectivity index (χ3n) is 2.39. The smallest absolute Gasteiger partial charge is 0.309 e. The molecule has 0 radical (unpaired) electrons. The Bertz CT molecular complexity index is 566. The average molecular weight is 252 g/mol. The highest BCUT2D eigenvalue weighted by atomic mass is 35.5. The molecular weight excluding hydrogens is 242 g/mol. The Kier molecular flexibility index (Phi) is 3.10. The summed E-state index contributed by atoms with van der Waals surface area (Å²) in [4.78, 5) is 10.6. The second-order valence-electron chi connectivity index (χ2n) is 3.56. The van der Waals surface area contributed by atoms with Crippen LogP contribution in [-0.2, 0) is 11.2 Å². The minimum Gasteiger partial charge on any atom is -0.481 e. The molecule has 0 atom stereocenters. The fourth-order valence-corrected chi connectivity index (χ4v) is 1.74. The summed E-state index contributed by atoms with van der Waals surface area (Å²) < 4.78 is 1.54. The first-order chi connectivity index (χ1) is 8.09. The molecule has 17 heavy (non-hydrogen) atoms. The lowest BCUT2D eigenvalue weighted by molar-refractivity contribution is -0.136. The fourth-order valence-electron chi connectivity index (χ4n) is 1.52. The van der Waals surface area contributed by atoms with E-state index < -0.39 is 5.97 Å². The SMILES string of the molecule is Cc1c(CC(=O)O)nnn1-c1ccccc1Cl. The second-order valence-corrected chi connectivity index (χ2v) is 3.96. The largest absolute Gasteiger partial charge is 0.481 e. The molecule has 1 aromatic carbocycles. The van der Waals surface area contributed by atoms with Crippen molar-refractivity contribution in [3.05, 3.63) is 40.7 Å². The van der Waals surface area contributed by atoms with Gasteiger partial charge >= 0.3 is 5.97 Å². The molecule has 0 aliphatic rings. The molecular formula is C11H10ClN3O2. The lowest BCUT2D eigenvalue weighted by Crippen LogP contribution is -2.03. The fraction of sp³-hybridized carbons (Fsp3) is 0.182. The van der Waals surface area contributed by atoms with Crippen molar-refractivity contribution < 1.29 is 9.90 Å². The van der Waals surface area contributed by atoms with Crippen LogP contribution in [0.15, 0.2) is 24.3 Å². The van der Waals surface area contributed by atoms with Crippen molar-refractivity contribution in [2.75, 3.05) is 0 Å². The molecule has 1 N–H and O–H groups in total. The number of carbonyl (C=O) groups is 1. The van der Waals surface area contributed by atoms with Crippen LogP contribution in [0.5, 0.6) is 0 Å². The van der Waals surface area contributed by atoms with E-state index in [1.165, 1.54) is 0 Å². The molecule has 0 aliphatic heterocycles. The lowest BCUT2D eigenvalue weighted by atomic mass is 10.2. The van der Waals surface area contributed by atoms with E-state index in [-0.39, 0.29) is 6.42 Å². The maximum Gasteiger partial charge on any atom is 0.309 e. The van der Waals surface area contributed by atoms with Gasteiger partial charge in [0.05, 0.1) is 28.5 Å². The van der Waals surface area contributed by atoms with Gasteiger partial charge in [0.2, 0.25) is 0 Å². The van der Waals surface area contributed by atoms with Crippen LogP contribution in [0.4, 0.5) is 0 Å². The number of aliphatic carboxylic acids is 1. The third kappa shape index (κ3) is 2.29. The van der Waals surface area contributed by atoms with Crippen molar-refractivity contribution in [3.63, 3.8) is 0 Å². The molecule has 1 aromatic heterocycles. The highest BCUT2D eigenvalue weighted by molar-refractivity contribution is 6.32. The van der Waals surface area contributed by atoms with Crippen LogP contribution in [0.1, 0.15) is 11.4 Å². The minimum absolute atomic E-state index is 0.143. The highest BCUT2D eigenvalue weighted by Gasteiger charge is 2.14. The van der Waals surface area contributed by atoms with Gasteiger partial charge in [0.15, 0.2) is 0 Å². The van der Waals surface area contributed by atoms with E-state index in [0.29, 0.717) is 22.1 Å². The quantitative estimate of drug-likeness (QED) is 0.904. The molecule has 0 bridgehead atoms. The normalized spacial score (nSPS) is 10.5. The second kappa shape index (κ2) is 4.55. The van der Waals surface area contributed by atoms with E-state index in [9.17, 15) is 4.79 Å². The van der Waals surface area contributed by atoms with Crippen molar-refractivity contribution in [1.82, 2.24) is 15.0 Å². The van der Waals surface area contributed by atoms with E-state index in [1.54, 1.807) is 23.7 Å². The van der Waals surface area contributed by atoms with E-state index in [1.807, 2.05) is 12.1 Å². The summed E-state index contributed by atoms with van der Waals surface area (Å²) >= 11 is 6.04. The first kappa shape index (κ1) is 11.6. The van der Waals surface area contributed by atoms with Crippen molar-refractivity contribution in [1.29, 1.82) is 0 Å². The van der Waals surface area contributed by atoms with Crippen molar-refractivity contribution >= 4 is 17.6 Å². The third-order valence-corrected chi connectivity index (χ3v) is 2.71. The Morgan fingerprint density at radius 2 is 2.18 bits per heavy atom. The molecule has 0 aliphatic carbocycles. The van der Waals surface area contributed by atoms with Gasteiger partial charge in [-0.2, -0.15) is 0 Å². The number of para-hydroxylation sites is 1. The van der Waals surface area contributed by atoms with Crippen LogP contribution in [-0.4, -0.2) is 26.1 Å². The zero-order valence-corrected chi connectivity index (χ0v) is 9.85.